The van der Waals surface area contributed by atoms with Gasteiger partial charge in [-0.15, -0.1) is 0 Å². The number of para-hydroxylation sites is 1. The number of nitrogens with zero attached hydrogens (tertiary/aromatic N) is 2. The summed E-state index contributed by atoms with van der Waals surface area (Å²) in [6.45, 7) is 4.68. The standard InChI is InChI=1S/C25H29N3O6S/c1-18(23-15-19-5-2-3-6-21(19)34-23)26-25(29)17-27-9-11-28(12-10-27)35(30,31)20-7-8-22-24(16-20)33-14-4-13-32-22/h2-3,5-8,15-16,18H,4,9-14,17H2,1H3,(H,26,29)/t18-/m0/s1. The minimum atomic E-state index is -3.67. The molecule has 0 spiro atoms. The molecule has 1 aromatic heterocycles. The van der Waals surface area contributed by atoms with Gasteiger partial charge in [0.2, 0.25) is 15.9 Å². The molecule has 1 atom stereocenters. The highest BCUT2D eigenvalue weighted by atomic mass is 32.2. The topological polar surface area (TPSA) is 101 Å². The molecule has 0 bridgehead atoms. The van der Waals surface area contributed by atoms with Crippen molar-refractivity contribution in [3.8, 4) is 11.5 Å². The summed E-state index contributed by atoms with van der Waals surface area (Å²) in [6, 6.07) is 14.1. The summed E-state index contributed by atoms with van der Waals surface area (Å²) in [5.41, 5.74) is 0.787. The highest BCUT2D eigenvalue weighted by molar-refractivity contribution is 7.89. The number of carbonyl (C=O) groups excluding carboxylic acids is 1. The average Bonchev–Trinajstić information content (AvgIpc) is 3.15. The van der Waals surface area contributed by atoms with E-state index in [-0.39, 0.29) is 23.4 Å². The predicted molar refractivity (Wildman–Crippen MR) is 130 cm³/mol. The Morgan fingerprint density at radius 2 is 1.74 bits per heavy atom. The zero-order chi connectivity index (χ0) is 24.4. The van der Waals surface area contributed by atoms with Crippen LogP contribution in [-0.4, -0.2) is 69.5 Å². The van der Waals surface area contributed by atoms with E-state index in [2.05, 4.69) is 5.32 Å². The molecule has 5 rings (SSSR count). The molecule has 1 saturated heterocycles. The summed E-state index contributed by atoms with van der Waals surface area (Å²) < 4.78 is 44.9. The summed E-state index contributed by atoms with van der Waals surface area (Å²) >= 11 is 0. The quantitative estimate of drug-likeness (QED) is 0.557. The Kier molecular flexibility index (Phi) is 6.68. The van der Waals surface area contributed by atoms with E-state index in [1.54, 1.807) is 12.1 Å². The van der Waals surface area contributed by atoms with Crippen LogP contribution < -0.4 is 14.8 Å². The molecule has 2 aliphatic rings. The molecule has 10 heteroatoms. The summed E-state index contributed by atoms with van der Waals surface area (Å²) in [6.07, 6.45) is 0.753. The summed E-state index contributed by atoms with van der Waals surface area (Å²) in [5.74, 6) is 1.59. The number of fused-ring (bicyclic) bond motifs is 2. The molecule has 2 aromatic carbocycles. The molecule has 0 saturated carbocycles. The van der Waals surface area contributed by atoms with E-state index >= 15 is 0 Å². The van der Waals surface area contributed by atoms with Gasteiger partial charge in [-0.2, -0.15) is 4.31 Å². The summed E-state index contributed by atoms with van der Waals surface area (Å²) in [7, 11) is -3.67. The second kappa shape index (κ2) is 9.88. The van der Waals surface area contributed by atoms with Gasteiger partial charge in [-0.05, 0) is 31.2 Å². The van der Waals surface area contributed by atoms with Gasteiger partial charge < -0.3 is 19.2 Å². The van der Waals surface area contributed by atoms with Gasteiger partial charge in [0, 0.05) is 44.1 Å². The maximum absolute atomic E-state index is 13.2. The molecule has 2 aliphatic heterocycles. The number of furan rings is 1. The number of rotatable bonds is 6. The van der Waals surface area contributed by atoms with Crippen LogP contribution in [0.25, 0.3) is 11.0 Å². The minimum Gasteiger partial charge on any atom is -0.490 e. The minimum absolute atomic E-state index is 0.128. The summed E-state index contributed by atoms with van der Waals surface area (Å²) in [5, 5.41) is 3.97. The second-order valence-corrected chi connectivity index (χ2v) is 10.8. The number of hydrogen-bond acceptors (Lipinski definition) is 7. The Morgan fingerprint density at radius 1 is 1.00 bits per heavy atom. The molecule has 186 valence electrons. The van der Waals surface area contributed by atoms with Crippen LogP contribution in [0.15, 0.2) is 57.8 Å². The van der Waals surface area contributed by atoms with Crippen molar-refractivity contribution in [2.24, 2.45) is 0 Å². The van der Waals surface area contributed by atoms with Crippen molar-refractivity contribution in [1.29, 1.82) is 0 Å². The molecule has 1 fully saturated rings. The van der Waals surface area contributed by atoms with E-state index < -0.39 is 10.0 Å². The average molecular weight is 500 g/mol. The second-order valence-electron chi connectivity index (χ2n) is 8.82. The first kappa shape index (κ1) is 23.7. The van der Waals surface area contributed by atoms with Crippen molar-refractivity contribution in [1.82, 2.24) is 14.5 Å². The Morgan fingerprint density at radius 3 is 2.51 bits per heavy atom. The van der Waals surface area contributed by atoms with E-state index in [0.29, 0.717) is 56.7 Å². The van der Waals surface area contributed by atoms with Gasteiger partial charge in [-0.1, -0.05) is 18.2 Å². The Balaban J connectivity index is 1.15. The molecule has 35 heavy (non-hydrogen) atoms. The Hall–Kier alpha value is -3.08. The van der Waals surface area contributed by atoms with Gasteiger partial charge in [-0.3, -0.25) is 9.69 Å². The van der Waals surface area contributed by atoms with Crippen LogP contribution in [0.2, 0.25) is 0 Å². The SMILES string of the molecule is C[C@H](NC(=O)CN1CCN(S(=O)(=O)c2ccc3c(c2)OCCCO3)CC1)c1cc2ccccc2o1. The van der Waals surface area contributed by atoms with E-state index in [9.17, 15) is 13.2 Å². The van der Waals surface area contributed by atoms with Crippen LogP contribution in [-0.2, 0) is 14.8 Å². The number of carbonyl (C=O) groups is 1. The van der Waals surface area contributed by atoms with Gasteiger partial charge in [0.15, 0.2) is 11.5 Å². The maximum atomic E-state index is 13.2. The zero-order valence-corrected chi connectivity index (χ0v) is 20.4. The lowest BCUT2D eigenvalue weighted by Crippen LogP contribution is -2.51. The third-order valence-electron chi connectivity index (χ3n) is 6.30. The third kappa shape index (κ3) is 5.14. The molecule has 9 nitrogen and oxygen atoms in total. The fourth-order valence-electron chi connectivity index (χ4n) is 4.36. The number of amides is 1. The Labute approximate surface area is 204 Å². The highest BCUT2D eigenvalue weighted by Gasteiger charge is 2.30. The van der Waals surface area contributed by atoms with E-state index in [1.165, 1.54) is 10.4 Å². The normalized spacial score (nSPS) is 18.2. The highest BCUT2D eigenvalue weighted by Crippen LogP contribution is 2.33. The molecular formula is C25H29N3O6S. The van der Waals surface area contributed by atoms with Crippen molar-refractivity contribution >= 4 is 26.9 Å². The lowest BCUT2D eigenvalue weighted by atomic mass is 10.2. The van der Waals surface area contributed by atoms with Gasteiger partial charge in [0.05, 0.1) is 30.7 Å². The zero-order valence-electron chi connectivity index (χ0n) is 19.6. The predicted octanol–water partition coefficient (Wildman–Crippen LogP) is 2.78. The van der Waals surface area contributed by atoms with Crippen molar-refractivity contribution in [2.75, 3.05) is 45.9 Å². The largest absolute Gasteiger partial charge is 0.490 e. The van der Waals surface area contributed by atoms with Gasteiger partial charge in [0.1, 0.15) is 11.3 Å². The van der Waals surface area contributed by atoms with Crippen LogP contribution in [0.1, 0.15) is 25.1 Å². The Bertz CT molecular complexity index is 1280. The molecular weight excluding hydrogens is 470 g/mol. The van der Waals surface area contributed by atoms with E-state index in [0.717, 1.165) is 17.4 Å². The van der Waals surface area contributed by atoms with Crippen LogP contribution >= 0.6 is 0 Å². The van der Waals surface area contributed by atoms with Crippen LogP contribution in [0, 0.1) is 0 Å². The fraction of sp³-hybridized carbons (Fsp3) is 0.400. The van der Waals surface area contributed by atoms with Gasteiger partial charge >= 0.3 is 0 Å². The maximum Gasteiger partial charge on any atom is 0.243 e. The van der Waals surface area contributed by atoms with E-state index in [4.69, 9.17) is 13.9 Å². The lowest BCUT2D eigenvalue weighted by Gasteiger charge is -2.33. The molecule has 0 unspecified atom stereocenters. The van der Waals surface area contributed by atoms with Crippen LogP contribution in [0.5, 0.6) is 11.5 Å². The van der Waals surface area contributed by atoms with Crippen LogP contribution in [0.3, 0.4) is 0 Å². The number of sulfonamides is 1. The molecule has 3 heterocycles. The fourth-order valence-corrected chi connectivity index (χ4v) is 5.80. The van der Waals surface area contributed by atoms with Crippen molar-refractivity contribution in [2.45, 2.75) is 24.3 Å². The number of ether oxygens (including phenoxy) is 2. The van der Waals surface area contributed by atoms with E-state index in [1.807, 2.05) is 42.2 Å². The molecule has 1 amide bonds. The number of benzene rings is 2. The first-order valence-corrected chi connectivity index (χ1v) is 13.2. The smallest absolute Gasteiger partial charge is 0.243 e. The third-order valence-corrected chi connectivity index (χ3v) is 8.20. The molecule has 1 N–H and O–H groups in total. The van der Waals surface area contributed by atoms with Crippen molar-refractivity contribution in [3.05, 3.63) is 54.3 Å². The first-order chi connectivity index (χ1) is 16.9. The van der Waals surface area contributed by atoms with Gasteiger partial charge in [-0.25, -0.2) is 8.42 Å². The molecule has 0 radical (unpaired) electrons. The number of nitrogens with one attached hydrogen (secondary N) is 1. The molecule has 0 aliphatic carbocycles. The van der Waals surface area contributed by atoms with Crippen LogP contribution in [0.4, 0.5) is 0 Å². The first-order valence-electron chi connectivity index (χ1n) is 11.8. The molecule has 3 aromatic rings. The van der Waals surface area contributed by atoms with Crippen molar-refractivity contribution in [3.63, 3.8) is 0 Å². The van der Waals surface area contributed by atoms with Crippen molar-refractivity contribution < 1.29 is 27.1 Å². The van der Waals surface area contributed by atoms with Gasteiger partial charge in [0.25, 0.3) is 0 Å². The monoisotopic (exact) mass is 499 g/mol. The number of hydrogen-bond donors (Lipinski definition) is 1. The lowest BCUT2D eigenvalue weighted by molar-refractivity contribution is -0.123. The number of piperazine rings is 1. The summed E-state index contributed by atoms with van der Waals surface area (Å²) in [4.78, 5) is 14.8.